The Balaban J connectivity index is 1.75. The first kappa shape index (κ1) is 23.1. The predicted molar refractivity (Wildman–Crippen MR) is 114 cm³/mol. The number of alkyl halides is 3. The molecule has 168 valence electrons. The molecule has 0 bridgehead atoms. The van der Waals surface area contributed by atoms with Crippen molar-refractivity contribution in [3.05, 3.63) is 77.1 Å². The van der Waals surface area contributed by atoms with Crippen molar-refractivity contribution in [1.82, 2.24) is 15.1 Å². The molecule has 3 aromatic rings. The van der Waals surface area contributed by atoms with Crippen LogP contribution in [0.2, 0.25) is 0 Å². The van der Waals surface area contributed by atoms with Gasteiger partial charge in [0.05, 0.1) is 17.4 Å². The van der Waals surface area contributed by atoms with E-state index in [2.05, 4.69) is 15.7 Å². The summed E-state index contributed by atoms with van der Waals surface area (Å²) in [7, 11) is 0. The monoisotopic (exact) mass is 444 g/mol. The van der Waals surface area contributed by atoms with Gasteiger partial charge in [0.2, 0.25) is 5.91 Å². The fraction of sp³-hybridized carbons (Fsp3) is 0.261. The van der Waals surface area contributed by atoms with Gasteiger partial charge in [-0.3, -0.25) is 9.59 Å². The van der Waals surface area contributed by atoms with Gasteiger partial charge in [0.25, 0.3) is 5.91 Å². The molecular formula is C23H23F3N4O2. The molecule has 0 saturated carbocycles. The molecule has 0 fully saturated rings. The number of amides is 2. The summed E-state index contributed by atoms with van der Waals surface area (Å²) in [6.07, 6.45) is -3.85. The van der Waals surface area contributed by atoms with E-state index in [1.165, 1.54) is 12.1 Å². The van der Waals surface area contributed by atoms with Gasteiger partial charge in [-0.05, 0) is 36.8 Å². The summed E-state index contributed by atoms with van der Waals surface area (Å²) in [5, 5.41) is 9.05. The first-order chi connectivity index (χ1) is 15.1. The van der Waals surface area contributed by atoms with Crippen molar-refractivity contribution in [3.63, 3.8) is 0 Å². The third-order valence-electron chi connectivity index (χ3n) is 4.76. The quantitative estimate of drug-likeness (QED) is 0.578. The molecule has 0 saturated heterocycles. The predicted octanol–water partition coefficient (Wildman–Crippen LogP) is 4.72. The van der Waals surface area contributed by atoms with Crippen LogP contribution in [0.25, 0.3) is 5.69 Å². The smallest absolute Gasteiger partial charge is 0.348 e. The number of nitrogens with one attached hydrogen (secondary N) is 2. The fourth-order valence-corrected chi connectivity index (χ4v) is 2.94. The number of hydrogen-bond donors (Lipinski definition) is 2. The summed E-state index contributed by atoms with van der Waals surface area (Å²) in [5.74, 6) is -1.18. The van der Waals surface area contributed by atoms with E-state index in [-0.39, 0.29) is 24.1 Å². The Morgan fingerprint density at radius 1 is 1.03 bits per heavy atom. The van der Waals surface area contributed by atoms with Gasteiger partial charge in [-0.15, -0.1) is 0 Å². The minimum atomic E-state index is -4.77. The molecule has 0 aliphatic heterocycles. The largest absolute Gasteiger partial charge is 0.434 e. The molecule has 3 rings (SSSR count). The lowest BCUT2D eigenvalue weighted by Crippen LogP contribution is -2.26. The van der Waals surface area contributed by atoms with E-state index in [0.717, 1.165) is 16.4 Å². The van der Waals surface area contributed by atoms with Gasteiger partial charge in [-0.25, -0.2) is 4.68 Å². The molecule has 0 atom stereocenters. The molecule has 32 heavy (non-hydrogen) atoms. The van der Waals surface area contributed by atoms with Crippen LogP contribution in [0, 0.1) is 12.8 Å². The first-order valence-corrected chi connectivity index (χ1v) is 9.96. The molecule has 0 aliphatic carbocycles. The van der Waals surface area contributed by atoms with Gasteiger partial charge in [-0.1, -0.05) is 43.7 Å². The third-order valence-corrected chi connectivity index (χ3v) is 4.76. The van der Waals surface area contributed by atoms with Crippen molar-refractivity contribution in [2.24, 2.45) is 5.92 Å². The average molecular weight is 444 g/mol. The molecule has 2 amide bonds. The van der Waals surface area contributed by atoms with Gasteiger partial charge in [-0.2, -0.15) is 18.3 Å². The van der Waals surface area contributed by atoms with Crippen molar-refractivity contribution < 1.29 is 22.8 Å². The molecule has 0 radical (unpaired) electrons. The lowest BCUT2D eigenvalue weighted by atomic mass is 10.1. The summed E-state index contributed by atoms with van der Waals surface area (Å²) >= 11 is 0. The molecule has 1 heterocycles. The van der Waals surface area contributed by atoms with Crippen molar-refractivity contribution in [2.45, 2.75) is 33.5 Å². The van der Waals surface area contributed by atoms with Crippen molar-refractivity contribution >= 4 is 17.5 Å². The number of rotatable bonds is 6. The number of halogens is 3. The molecule has 2 aromatic carbocycles. The highest BCUT2D eigenvalue weighted by molar-refractivity contribution is 5.95. The van der Waals surface area contributed by atoms with Gasteiger partial charge in [0.1, 0.15) is 0 Å². The normalized spacial score (nSPS) is 11.5. The third kappa shape index (κ3) is 5.35. The lowest BCUT2D eigenvalue weighted by Gasteiger charge is -2.13. The fourth-order valence-electron chi connectivity index (χ4n) is 2.94. The van der Waals surface area contributed by atoms with Crippen LogP contribution in [0.1, 0.15) is 41.0 Å². The van der Waals surface area contributed by atoms with Crippen LogP contribution in [0.3, 0.4) is 0 Å². The van der Waals surface area contributed by atoms with Crippen LogP contribution in [0.5, 0.6) is 0 Å². The van der Waals surface area contributed by atoms with E-state index in [4.69, 9.17) is 0 Å². The minimum absolute atomic E-state index is 0.0181. The summed E-state index contributed by atoms with van der Waals surface area (Å²) < 4.78 is 42.0. The topological polar surface area (TPSA) is 76.0 Å². The molecule has 1 aromatic heterocycles. The number of carbonyl (C=O) groups is 2. The van der Waals surface area contributed by atoms with E-state index in [0.29, 0.717) is 11.3 Å². The molecule has 0 aliphatic rings. The summed E-state index contributed by atoms with van der Waals surface area (Å²) in [6, 6.07) is 13.1. The minimum Gasteiger partial charge on any atom is -0.348 e. The van der Waals surface area contributed by atoms with Crippen molar-refractivity contribution in [1.29, 1.82) is 0 Å². The maximum atomic E-state index is 13.8. The Hall–Kier alpha value is -3.62. The van der Waals surface area contributed by atoms with Crippen molar-refractivity contribution in [2.75, 3.05) is 5.32 Å². The van der Waals surface area contributed by atoms with E-state index >= 15 is 0 Å². The molecular weight excluding hydrogens is 421 g/mol. The molecule has 0 unspecified atom stereocenters. The number of aromatic nitrogens is 2. The zero-order chi connectivity index (χ0) is 23.5. The van der Waals surface area contributed by atoms with E-state index in [1.807, 2.05) is 6.92 Å². The van der Waals surface area contributed by atoms with Crippen LogP contribution in [-0.4, -0.2) is 21.6 Å². The number of aryl methyl sites for hydroxylation is 1. The lowest BCUT2D eigenvalue weighted by molar-refractivity contribution is -0.143. The average Bonchev–Trinajstić information content (AvgIpc) is 3.19. The first-order valence-electron chi connectivity index (χ1n) is 9.96. The van der Waals surface area contributed by atoms with Crippen LogP contribution in [0.15, 0.2) is 54.7 Å². The second-order valence-electron chi connectivity index (χ2n) is 7.68. The van der Waals surface area contributed by atoms with Crippen LogP contribution >= 0.6 is 0 Å². The number of anilines is 1. The highest BCUT2D eigenvalue weighted by Gasteiger charge is 2.40. The van der Waals surface area contributed by atoms with Crippen LogP contribution in [-0.2, 0) is 17.5 Å². The van der Waals surface area contributed by atoms with E-state index < -0.39 is 23.3 Å². The van der Waals surface area contributed by atoms with Crippen LogP contribution < -0.4 is 10.6 Å². The second kappa shape index (κ2) is 9.25. The highest BCUT2D eigenvalue weighted by atomic mass is 19.4. The standard InChI is InChI=1S/C23H23F3N4O2/c1-14(2)21(31)29-17-8-6-16(7-9-17)12-27-22(32)19-13-28-30(20(19)23(24,25)26)18-10-4-15(3)5-11-18/h4-11,13-14H,12H2,1-3H3,(H,27,32)(H,29,31). The van der Waals surface area contributed by atoms with Crippen LogP contribution in [0.4, 0.5) is 18.9 Å². The number of nitrogens with zero attached hydrogens (tertiary/aromatic N) is 2. The Kier molecular flexibility index (Phi) is 6.67. The number of carbonyl (C=O) groups excluding carboxylic acids is 2. The Bertz CT molecular complexity index is 1100. The number of hydrogen-bond acceptors (Lipinski definition) is 3. The molecule has 2 N–H and O–H groups in total. The summed E-state index contributed by atoms with van der Waals surface area (Å²) in [6.45, 7) is 5.39. The molecule has 9 heteroatoms. The molecule has 0 spiro atoms. The van der Waals surface area contributed by atoms with E-state index in [1.54, 1.807) is 50.2 Å². The highest BCUT2D eigenvalue weighted by Crippen LogP contribution is 2.33. The van der Waals surface area contributed by atoms with Gasteiger partial charge in [0.15, 0.2) is 5.69 Å². The Morgan fingerprint density at radius 2 is 1.66 bits per heavy atom. The summed E-state index contributed by atoms with van der Waals surface area (Å²) in [5.41, 5.74) is 0.672. The van der Waals surface area contributed by atoms with Gasteiger partial charge >= 0.3 is 6.18 Å². The maximum absolute atomic E-state index is 13.8. The molecule has 6 nitrogen and oxygen atoms in total. The zero-order valence-electron chi connectivity index (χ0n) is 17.8. The van der Waals surface area contributed by atoms with E-state index in [9.17, 15) is 22.8 Å². The van der Waals surface area contributed by atoms with Gasteiger partial charge < -0.3 is 10.6 Å². The Morgan fingerprint density at radius 3 is 2.22 bits per heavy atom. The SMILES string of the molecule is Cc1ccc(-n2ncc(C(=O)NCc3ccc(NC(=O)C(C)C)cc3)c2C(F)(F)F)cc1. The second-order valence-corrected chi connectivity index (χ2v) is 7.68. The zero-order valence-corrected chi connectivity index (χ0v) is 17.8. The maximum Gasteiger partial charge on any atom is 0.434 e. The van der Waals surface area contributed by atoms with Gasteiger partial charge in [0, 0.05) is 18.2 Å². The number of benzene rings is 2. The summed E-state index contributed by atoms with van der Waals surface area (Å²) in [4.78, 5) is 24.3. The van der Waals surface area contributed by atoms with Crippen molar-refractivity contribution in [3.8, 4) is 5.69 Å². The Labute approximate surface area is 183 Å².